The number of benzene rings is 10. The lowest BCUT2D eigenvalue weighted by atomic mass is 9.91. The van der Waals surface area contributed by atoms with Crippen LogP contribution in [0.5, 0.6) is 0 Å². The first-order valence-corrected chi connectivity index (χ1v) is 18.3. The Kier molecular flexibility index (Phi) is 7.55. The van der Waals surface area contributed by atoms with Gasteiger partial charge in [-0.2, -0.15) is 0 Å². The largest absolute Gasteiger partial charge is 0.310 e. The van der Waals surface area contributed by atoms with Gasteiger partial charge in [0.2, 0.25) is 0 Å². The van der Waals surface area contributed by atoms with E-state index < -0.39 is 0 Å². The fraction of sp³-hybridized carbons (Fsp3) is 0. The van der Waals surface area contributed by atoms with Gasteiger partial charge in [-0.05, 0) is 113 Å². The molecule has 0 fully saturated rings. The first kappa shape index (κ1) is 30.8. The first-order chi connectivity index (χ1) is 26.3. The molecule has 0 radical (unpaired) electrons. The van der Waals surface area contributed by atoms with Gasteiger partial charge in [0.25, 0.3) is 0 Å². The minimum atomic E-state index is 1.10. The molecule has 1 nitrogen and oxygen atoms in total. The summed E-state index contributed by atoms with van der Waals surface area (Å²) in [6.45, 7) is 0. The molecule has 0 aliphatic rings. The van der Waals surface area contributed by atoms with Crippen LogP contribution in [0, 0.1) is 0 Å². The van der Waals surface area contributed by atoms with Crippen LogP contribution in [0.25, 0.3) is 76.5 Å². The van der Waals surface area contributed by atoms with Crippen LogP contribution in [0.15, 0.2) is 212 Å². The molecule has 0 aliphatic heterocycles. The van der Waals surface area contributed by atoms with Crippen molar-refractivity contribution in [2.75, 3.05) is 4.90 Å². The predicted molar refractivity (Wildman–Crippen MR) is 227 cm³/mol. The normalized spacial score (nSPS) is 11.4. The molecule has 0 amide bonds. The third-order valence-electron chi connectivity index (χ3n) is 10.6. The molecule has 0 spiro atoms. The lowest BCUT2D eigenvalue weighted by Crippen LogP contribution is -2.11. The van der Waals surface area contributed by atoms with Crippen molar-refractivity contribution in [3.05, 3.63) is 212 Å². The third kappa shape index (κ3) is 5.60. The Morgan fingerprint density at radius 3 is 1.62 bits per heavy atom. The summed E-state index contributed by atoms with van der Waals surface area (Å²) < 4.78 is 0. The van der Waals surface area contributed by atoms with E-state index >= 15 is 0 Å². The Balaban J connectivity index is 1.17. The molecule has 0 heterocycles. The summed E-state index contributed by atoms with van der Waals surface area (Å²) in [6, 6.07) is 77.4. The van der Waals surface area contributed by atoms with E-state index in [-0.39, 0.29) is 0 Å². The molecule has 10 aromatic rings. The molecular formula is C52H35N. The first-order valence-electron chi connectivity index (χ1n) is 18.3. The summed E-state index contributed by atoms with van der Waals surface area (Å²) in [5.74, 6) is 0. The molecule has 248 valence electrons. The molecule has 0 aromatic heterocycles. The van der Waals surface area contributed by atoms with E-state index in [1.165, 1.54) is 76.5 Å². The quantitative estimate of drug-likeness (QED) is 0.159. The van der Waals surface area contributed by atoms with E-state index in [4.69, 9.17) is 0 Å². The van der Waals surface area contributed by atoms with Gasteiger partial charge in [-0.25, -0.2) is 0 Å². The van der Waals surface area contributed by atoms with Crippen molar-refractivity contribution in [2.24, 2.45) is 0 Å². The lowest BCUT2D eigenvalue weighted by molar-refractivity contribution is 1.29. The Hall–Kier alpha value is -6.96. The zero-order valence-corrected chi connectivity index (χ0v) is 29.2. The molecule has 0 saturated carbocycles. The van der Waals surface area contributed by atoms with E-state index in [2.05, 4.69) is 217 Å². The minimum absolute atomic E-state index is 1.10. The second-order valence-electron chi connectivity index (χ2n) is 13.8. The molecule has 53 heavy (non-hydrogen) atoms. The van der Waals surface area contributed by atoms with Crippen LogP contribution in [0.1, 0.15) is 0 Å². The van der Waals surface area contributed by atoms with Crippen molar-refractivity contribution in [3.63, 3.8) is 0 Å². The van der Waals surface area contributed by atoms with Gasteiger partial charge in [0, 0.05) is 16.9 Å². The summed E-state index contributed by atoms with van der Waals surface area (Å²) in [4.78, 5) is 2.42. The van der Waals surface area contributed by atoms with Crippen molar-refractivity contribution >= 4 is 60.2 Å². The lowest BCUT2D eigenvalue weighted by Gasteiger charge is -2.29. The van der Waals surface area contributed by atoms with Crippen LogP contribution in [0.3, 0.4) is 0 Å². The molecule has 0 unspecified atom stereocenters. The molecule has 0 N–H and O–H groups in total. The highest BCUT2D eigenvalue weighted by atomic mass is 15.1. The number of anilines is 3. The van der Waals surface area contributed by atoms with E-state index in [0.29, 0.717) is 0 Å². The maximum Gasteiger partial charge on any atom is 0.0540 e. The van der Waals surface area contributed by atoms with E-state index in [9.17, 15) is 0 Å². The third-order valence-corrected chi connectivity index (χ3v) is 10.6. The zero-order chi connectivity index (χ0) is 35.1. The molecule has 10 rings (SSSR count). The van der Waals surface area contributed by atoms with Gasteiger partial charge in [0.05, 0.1) is 5.69 Å². The topological polar surface area (TPSA) is 3.24 Å². The summed E-state index contributed by atoms with van der Waals surface area (Å²) in [5.41, 5.74) is 10.5. The SMILES string of the molecule is c1ccc(-c2cc(-c3cccc4ccc5ccccc5c34)ccc2N(c2ccc(-c3ccc4ccccc4c3)cc2)c2ccc3ccccc3c2)cc1. The maximum atomic E-state index is 2.42. The maximum absolute atomic E-state index is 2.42. The molecular weight excluding hydrogens is 639 g/mol. The highest BCUT2D eigenvalue weighted by Crippen LogP contribution is 2.45. The fourth-order valence-electron chi connectivity index (χ4n) is 7.96. The van der Waals surface area contributed by atoms with Gasteiger partial charge in [0.1, 0.15) is 0 Å². The number of hydrogen-bond acceptors (Lipinski definition) is 1. The minimum Gasteiger partial charge on any atom is -0.310 e. The number of fused-ring (bicyclic) bond motifs is 5. The van der Waals surface area contributed by atoms with E-state index in [1.807, 2.05) is 0 Å². The highest BCUT2D eigenvalue weighted by Gasteiger charge is 2.20. The highest BCUT2D eigenvalue weighted by molar-refractivity contribution is 6.14. The van der Waals surface area contributed by atoms with Gasteiger partial charge >= 0.3 is 0 Å². The Labute approximate surface area is 309 Å². The monoisotopic (exact) mass is 673 g/mol. The molecule has 0 atom stereocenters. The Bertz CT molecular complexity index is 2940. The molecule has 1 heteroatoms. The van der Waals surface area contributed by atoms with Gasteiger partial charge in [-0.1, -0.05) is 170 Å². The Morgan fingerprint density at radius 2 is 0.830 bits per heavy atom. The van der Waals surface area contributed by atoms with Crippen molar-refractivity contribution < 1.29 is 0 Å². The van der Waals surface area contributed by atoms with E-state index in [0.717, 1.165) is 17.1 Å². The number of rotatable bonds is 6. The fourth-order valence-corrected chi connectivity index (χ4v) is 7.96. The molecule has 0 saturated heterocycles. The molecule has 0 aliphatic carbocycles. The predicted octanol–water partition coefficient (Wildman–Crippen LogP) is 14.8. The van der Waals surface area contributed by atoms with Crippen LogP contribution in [-0.4, -0.2) is 0 Å². The van der Waals surface area contributed by atoms with Crippen molar-refractivity contribution in [2.45, 2.75) is 0 Å². The van der Waals surface area contributed by atoms with Gasteiger partial charge in [-0.15, -0.1) is 0 Å². The second-order valence-corrected chi connectivity index (χ2v) is 13.8. The van der Waals surface area contributed by atoms with Gasteiger partial charge in [-0.3, -0.25) is 0 Å². The van der Waals surface area contributed by atoms with Crippen LogP contribution < -0.4 is 4.90 Å². The average Bonchev–Trinajstić information content (AvgIpc) is 3.24. The number of nitrogens with zero attached hydrogens (tertiary/aromatic N) is 1. The van der Waals surface area contributed by atoms with Crippen molar-refractivity contribution in [1.29, 1.82) is 0 Å². The summed E-state index contributed by atoms with van der Waals surface area (Å²) >= 11 is 0. The van der Waals surface area contributed by atoms with Gasteiger partial charge < -0.3 is 4.90 Å². The van der Waals surface area contributed by atoms with Crippen LogP contribution in [0.2, 0.25) is 0 Å². The summed E-state index contributed by atoms with van der Waals surface area (Å²) in [7, 11) is 0. The smallest absolute Gasteiger partial charge is 0.0540 e. The second kappa shape index (κ2) is 13.0. The number of hydrogen-bond donors (Lipinski definition) is 0. The zero-order valence-electron chi connectivity index (χ0n) is 29.2. The van der Waals surface area contributed by atoms with E-state index in [1.54, 1.807) is 0 Å². The standard InChI is InChI=1S/C52H35N/c1-2-13-39(14-3-1)50-35-45(49-20-10-18-41-23-22-40-15-8-9-19-48(40)52(41)49)28-32-51(50)53(47-31-27-37-12-5-7-17-43(37)34-47)46-29-25-38(26-30-46)44-24-21-36-11-4-6-16-42(36)33-44/h1-35H. The van der Waals surface area contributed by atoms with Crippen LogP contribution >= 0.6 is 0 Å². The van der Waals surface area contributed by atoms with Crippen molar-refractivity contribution in [3.8, 4) is 33.4 Å². The summed E-state index contributed by atoms with van der Waals surface area (Å²) in [6.07, 6.45) is 0. The summed E-state index contributed by atoms with van der Waals surface area (Å²) in [5, 5.41) is 10.00. The van der Waals surface area contributed by atoms with Crippen LogP contribution in [0.4, 0.5) is 17.1 Å². The van der Waals surface area contributed by atoms with Crippen LogP contribution in [-0.2, 0) is 0 Å². The molecule has 10 aromatic carbocycles. The van der Waals surface area contributed by atoms with Gasteiger partial charge in [0.15, 0.2) is 0 Å². The van der Waals surface area contributed by atoms with Crippen molar-refractivity contribution in [1.82, 2.24) is 0 Å². The average molecular weight is 674 g/mol. The molecule has 0 bridgehead atoms. The Morgan fingerprint density at radius 1 is 0.264 bits per heavy atom.